The highest BCUT2D eigenvalue weighted by molar-refractivity contribution is 7.09. The third-order valence-electron chi connectivity index (χ3n) is 4.02. The van der Waals surface area contributed by atoms with E-state index < -0.39 is 5.91 Å². The highest BCUT2D eigenvalue weighted by atomic mass is 32.1. The molecular formula is C21H20N2O3S. The van der Waals surface area contributed by atoms with Crippen LogP contribution in [0.1, 0.15) is 31.2 Å². The SMILES string of the molecule is CN(Cc1cccc(C(N)=O)c1)C(=O)c1cccc(OCc2cccs2)c1. The predicted octanol–water partition coefficient (Wildman–Crippen LogP) is 3.70. The minimum atomic E-state index is -0.485. The zero-order valence-electron chi connectivity index (χ0n) is 14.9. The van der Waals surface area contributed by atoms with Crippen molar-refractivity contribution in [2.75, 3.05) is 7.05 Å². The van der Waals surface area contributed by atoms with Gasteiger partial charge in [-0.1, -0.05) is 24.3 Å². The van der Waals surface area contributed by atoms with Gasteiger partial charge in [0.25, 0.3) is 5.91 Å². The number of hydrogen-bond donors (Lipinski definition) is 1. The Hall–Kier alpha value is -3.12. The van der Waals surface area contributed by atoms with Crippen LogP contribution in [0.2, 0.25) is 0 Å². The Morgan fingerprint density at radius 2 is 1.81 bits per heavy atom. The number of thiophene rings is 1. The normalized spacial score (nSPS) is 10.4. The van der Waals surface area contributed by atoms with Gasteiger partial charge in [0.15, 0.2) is 0 Å². The van der Waals surface area contributed by atoms with Crippen molar-refractivity contribution in [3.63, 3.8) is 0 Å². The van der Waals surface area contributed by atoms with Crippen LogP contribution >= 0.6 is 11.3 Å². The molecule has 0 aliphatic heterocycles. The summed E-state index contributed by atoms with van der Waals surface area (Å²) in [5, 5.41) is 2.00. The Bertz CT molecular complexity index is 938. The van der Waals surface area contributed by atoms with Crippen molar-refractivity contribution in [2.24, 2.45) is 5.73 Å². The molecule has 3 aromatic rings. The predicted molar refractivity (Wildman–Crippen MR) is 106 cm³/mol. The molecule has 27 heavy (non-hydrogen) atoms. The van der Waals surface area contributed by atoms with E-state index in [1.54, 1.807) is 59.7 Å². The summed E-state index contributed by atoms with van der Waals surface area (Å²) in [6, 6.07) is 18.1. The average Bonchev–Trinajstić information content (AvgIpc) is 3.20. The summed E-state index contributed by atoms with van der Waals surface area (Å²) in [5.41, 5.74) is 7.13. The molecule has 1 aromatic heterocycles. The van der Waals surface area contributed by atoms with Gasteiger partial charge in [-0.2, -0.15) is 0 Å². The van der Waals surface area contributed by atoms with Gasteiger partial charge in [0.1, 0.15) is 12.4 Å². The van der Waals surface area contributed by atoms with Gasteiger partial charge in [-0.05, 0) is 47.3 Å². The van der Waals surface area contributed by atoms with Crippen LogP contribution in [0, 0.1) is 0 Å². The topological polar surface area (TPSA) is 72.6 Å². The van der Waals surface area contributed by atoms with Crippen molar-refractivity contribution in [1.29, 1.82) is 0 Å². The van der Waals surface area contributed by atoms with Crippen molar-refractivity contribution in [3.8, 4) is 5.75 Å². The number of primary amides is 1. The second-order valence-electron chi connectivity index (χ2n) is 6.12. The minimum absolute atomic E-state index is 0.124. The molecule has 138 valence electrons. The van der Waals surface area contributed by atoms with Crippen molar-refractivity contribution >= 4 is 23.2 Å². The molecule has 0 fully saturated rings. The summed E-state index contributed by atoms with van der Waals surface area (Å²) in [7, 11) is 1.72. The number of carbonyl (C=O) groups is 2. The van der Waals surface area contributed by atoms with Crippen molar-refractivity contribution in [1.82, 2.24) is 4.90 Å². The monoisotopic (exact) mass is 380 g/mol. The van der Waals surface area contributed by atoms with Gasteiger partial charge in [0.05, 0.1) is 0 Å². The summed E-state index contributed by atoms with van der Waals surface area (Å²) in [5.74, 6) is 0.0425. The van der Waals surface area contributed by atoms with Gasteiger partial charge in [-0.3, -0.25) is 9.59 Å². The lowest BCUT2D eigenvalue weighted by molar-refractivity contribution is 0.0784. The molecule has 2 amide bonds. The molecule has 0 spiro atoms. The fraction of sp³-hybridized carbons (Fsp3) is 0.143. The Balaban J connectivity index is 1.66. The number of rotatable bonds is 7. The van der Waals surface area contributed by atoms with Gasteiger partial charge in [-0.25, -0.2) is 0 Å². The van der Waals surface area contributed by atoms with Crippen molar-refractivity contribution < 1.29 is 14.3 Å². The summed E-state index contributed by atoms with van der Waals surface area (Å²) >= 11 is 1.63. The summed E-state index contributed by atoms with van der Waals surface area (Å²) in [6.45, 7) is 0.852. The number of carbonyl (C=O) groups excluding carboxylic acids is 2. The van der Waals surface area contributed by atoms with E-state index in [4.69, 9.17) is 10.5 Å². The summed E-state index contributed by atoms with van der Waals surface area (Å²) < 4.78 is 5.77. The van der Waals surface area contributed by atoms with E-state index in [-0.39, 0.29) is 5.91 Å². The van der Waals surface area contributed by atoms with Gasteiger partial charge >= 0.3 is 0 Å². The molecule has 0 saturated heterocycles. The molecule has 6 heteroatoms. The van der Waals surface area contributed by atoms with E-state index in [1.807, 2.05) is 29.6 Å². The van der Waals surface area contributed by atoms with Crippen LogP contribution in [-0.4, -0.2) is 23.8 Å². The van der Waals surface area contributed by atoms with E-state index in [0.29, 0.717) is 30.0 Å². The molecule has 0 radical (unpaired) electrons. The lowest BCUT2D eigenvalue weighted by Crippen LogP contribution is -2.26. The molecular weight excluding hydrogens is 360 g/mol. The molecule has 3 rings (SSSR count). The molecule has 2 N–H and O–H groups in total. The number of amides is 2. The quantitative estimate of drug-likeness (QED) is 0.679. The molecule has 0 saturated carbocycles. The molecule has 0 bridgehead atoms. The average molecular weight is 380 g/mol. The fourth-order valence-electron chi connectivity index (χ4n) is 2.66. The largest absolute Gasteiger partial charge is 0.488 e. The van der Waals surface area contributed by atoms with Gasteiger partial charge in [-0.15, -0.1) is 11.3 Å². The molecule has 2 aromatic carbocycles. The highest BCUT2D eigenvalue weighted by Gasteiger charge is 2.13. The third-order valence-corrected chi connectivity index (χ3v) is 4.87. The van der Waals surface area contributed by atoms with Crippen LogP contribution in [0.4, 0.5) is 0 Å². The van der Waals surface area contributed by atoms with E-state index >= 15 is 0 Å². The highest BCUT2D eigenvalue weighted by Crippen LogP contribution is 2.19. The molecule has 0 unspecified atom stereocenters. The van der Waals surface area contributed by atoms with Crippen LogP contribution < -0.4 is 10.5 Å². The first-order chi connectivity index (χ1) is 13.0. The standard InChI is InChI=1S/C21H20N2O3S/c1-23(13-15-5-2-6-16(11-15)20(22)24)21(25)17-7-3-8-18(12-17)26-14-19-9-4-10-27-19/h2-12H,13-14H2,1H3,(H2,22,24). The van der Waals surface area contributed by atoms with Crippen molar-refractivity contribution in [2.45, 2.75) is 13.2 Å². The van der Waals surface area contributed by atoms with Gasteiger partial charge in [0, 0.05) is 29.6 Å². The van der Waals surface area contributed by atoms with Crippen LogP contribution in [-0.2, 0) is 13.2 Å². The molecule has 0 atom stereocenters. The second kappa shape index (κ2) is 8.51. The van der Waals surface area contributed by atoms with E-state index in [0.717, 1.165) is 10.4 Å². The number of ether oxygens (including phenoxy) is 1. The first-order valence-electron chi connectivity index (χ1n) is 8.42. The van der Waals surface area contributed by atoms with E-state index in [2.05, 4.69) is 0 Å². The van der Waals surface area contributed by atoms with Gasteiger partial charge in [0.2, 0.25) is 5.91 Å². The zero-order valence-corrected chi connectivity index (χ0v) is 15.7. The lowest BCUT2D eigenvalue weighted by atomic mass is 10.1. The number of nitrogens with zero attached hydrogens (tertiary/aromatic N) is 1. The van der Waals surface area contributed by atoms with Crippen LogP contribution in [0.3, 0.4) is 0 Å². The fourth-order valence-corrected chi connectivity index (χ4v) is 3.27. The van der Waals surface area contributed by atoms with E-state index in [1.165, 1.54) is 0 Å². The first kappa shape index (κ1) is 18.7. The van der Waals surface area contributed by atoms with Crippen LogP contribution in [0.5, 0.6) is 5.75 Å². The maximum Gasteiger partial charge on any atom is 0.254 e. The minimum Gasteiger partial charge on any atom is -0.488 e. The Labute approximate surface area is 162 Å². The molecule has 0 aliphatic rings. The molecule has 5 nitrogen and oxygen atoms in total. The van der Waals surface area contributed by atoms with Crippen LogP contribution in [0.25, 0.3) is 0 Å². The summed E-state index contributed by atoms with van der Waals surface area (Å²) in [4.78, 5) is 26.8. The number of hydrogen-bond acceptors (Lipinski definition) is 4. The van der Waals surface area contributed by atoms with Crippen LogP contribution in [0.15, 0.2) is 66.0 Å². The molecule has 1 heterocycles. The summed E-state index contributed by atoms with van der Waals surface area (Å²) in [6.07, 6.45) is 0. The Morgan fingerprint density at radius 3 is 2.56 bits per heavy atom. The first-order valence-corrected chi connectivity index (χ1v) is 9.30. The maximum atomic E-state index is 12.7. The molecule has 0 aliphatic carbocycles. The van der Waals surface area contributed by atoms with Crippen molar-refractivity contribution in [3.05, 3.63) is 87.6 Å². The Morgan fingerprint density at radius 1 is 1.04 bits per heavy atom. The number of benzene rings is 2. The lowest BCUT2D eigenvalue weighted by Gasteiger charge is -2.18. The maximum absolute atomic E-state index is 12.7. The zero-order chi connectivity index (χ0) is 19.2. The van der Waals surface area contributed by atoms with Gasteiger partial charge < -0.3 is 15.4 Å². The Kier molecular flexibility index (Phi) is 5.88. The number of nitrogens with two attached hydrogens (primary N) is 1. The van der Waals surface area contributed by atoms with E-state index in [9.17, 15) is 9.59 Å². The second-order valence-corrected chi connectivity index (χ2v) is 7.15. The third kappa shape index (κ3) is 4.95. The smallest absolute Gasteiger partial charge is 0.254 e.